The van der Waals surface area contributed by atoms with Crippen molar-refractivity contribution in [2.24, 2.45) is 4.99 Å². The SMILES string of the molecule is COc1ccc(C2=NC(=Cc3cccc(OC)c3)C(=O)O2)cc1. The lowest BCUT2D eigenvalue weighted by Crippen LogP contribution is -2.05. The standard InChI is InChI=1S/C18H15NO4/c1-21-14-8-6-13(7-9-14)17-19-16(18(20)23-17)11-12-4-3-5-15(10-12)22-2/h3-11H,1-2H3. The summed E-state index contributed by atoms with van der Waals surface area (Å²) in [6.45, 7) is 0. The Hall–Kier alpha value is -3.08. The van der Waals surface area contributed by atoms with Crippen LogP contribution in [-0.2, 0) is 9.53 Å². The molecule has 0 amide bonds. The highest BCUT2D eigenvalue weighted by molar-refractivity contribution is 6.12. The van der Waals surface area contributed by atoms with Gasteiger partial charge in [0.05, 0.1) is 14.2 Å². The van der Waals surface area contributed by atoms with E-state index in [9.17, 15) is 4.79 Å². The highest BCUT2D eigenvalue weighted by Gasteiger charge is 2.24. The number of carbonyl (C=O) groups is 1. The minimum Gasteiger partial charge on any atom is -0.497 e. The van der Waals surface area contributed by atoms with Gasteiger partial charge >= 0.3 is 5.97 Å². The van der Waals surface area contributed by atoms with Crippen molar-refractivity contribution >= 4 is 17.9 Å². The van der Waals surface area contributed by atoms with Gasteiger partial charge in [0.2, 0.25) is 5.90 Å². The molecular weight excluding hydrogens is 294 g/mol. The maximum atomic E-state index is 12.0. The molecule has 5 nitrogen and oxygen atoms in total. The number of benzene rings is 2. The van der Waals surface area contributed by atoms with E-state index in [1.807, 2.05) is 24.3 Å². The fraction of sp³-hybridized carbons (Fsp3) is 0.111. The van der Waals surface area contributed by atoms with Crippen LogP contribution in [-0.4, -0.2) is 26.1 Å². The molecule has 0 atom stereocenters. The maximum Gasteiger partial charge on any atom is 0.363 e. The van der Waals surface area contributed by atoms with Crippen molar-refractivity contribution in [1.29, 1.82) is 0 Å². The van der Waals surface area contributed by atoms with Crippen molar-refractivity contribution < 1.29 is 19.0 Å². The van der Waals surface area contributed by atoms with Crippen LogP contribution < -0.4 is 9.47 Å². The van der Waals surface area contributed by atoms with Crippen LogP contribution in [0.3, 0.4) is 0 Å². The number of hydrogen-bond acceptors (Lipinski definition) is 5. The summed E-state index contributed by atoms with van der Waals surface area (Å²) in [6, 6.07) is 14.5. The molecule has 0 saturated heterocycles. The molecule has 0 fully saturated rings. The van der Waals surface area contributed by atoms with Gasteiger partial charge in [0, 0.05) is 5.56 Å². The topological polar surface area (TPSA) is 57.1 Å². The summed E-state index contributed by atoms with van der Waals surface area (Å²) in [6.07, 6.45) is 1.67. The van der Waals surface area contributed by atoms with Crippen LogP contribution in [0.2, 0.25) is 0 Å². The number of nitrogens with zero attached hydrogens (tertiary/aromatic N) is 1. The van der Waals surface area contributed by atoms with E-state index in [1.165, 1.54) is 0 Å². The van der Waals surface area contributed by atoms with Crippen LogP contribution in [0, 0.1) is 0 Å². The first-order chi connectivity index (χ1) is 11.2. The monoisotopic (exact) mass is 309 g/mol. The van der Waals surface area contributed by atoms with Gasteiger partial charge in [-0.1, -0.05) is 12.1 Å². The summed E-state index contributed by atoms with van der Waals surface area (Å²) in [5.74, 6) is 1.25. The quantitative estimate of drug-likeness (QED) is 0.643. The van der Waals surface area contributed by atoms with Gasteiger partial charge in [-0.25, -0.2) is 9.79 Å². The lowest BCUT2D eigenvalue weighted by Gasteiger charge is -2.01. The first-order valence-corrected chi connectivity index (χ1v) is 7.00. The van der Waals surface area contributed by atoms with E-state index in [0.717, 1.165) is 11.3 Å². The Morgan fingerprint density at radius 1 is 1.00 bits per heavy atom. The lowest BCUT2D eigenvalue weighted by atomic mass is 10.2. The molecule has 0 radical (unpaired) electrons. The fourth-order valence-electron chi connectivity index (χ4n) is 2.16. The largest absolute Gasteiger partial charge is 0.497 e. The average Bonchev–Trinajstić information content (AvgIpc) is 2.96. The van der Waals surface area contributed by atoms with Crippen molar-refractivity contribution in [2.45, 2.75) is 0 Å². The number of esters is 1. The summed E-state index contributed by atoms with van der Waals surface area (Å²) in [4.78, 5) is 16.2. The van der Waals surface area contributed by atoms with E-state index < -0.39 is 5.97 Å². The molecule has 0 unspecified atom stereocenters. The Bertz CT molecular complexity index is 791. The molecule has 2 aromatic rings. The van der Waals surface area contributed by atoms with Gasteiger partial charge in [-0.05, 0) is 48.0 Å². The highest BCUT2D eigenvalue weighted by atomic mass is 16.6. The van der Waals surface area contributed by atoms with Crippen LogP contribution in [0.25, 0.3) is 6.08 Å². The zero-order chi connectivity index (χ0) is 16.2. The van der Waals surface area contributed by atoms with E-state index in [0.29, 0.717) is 11.3 Å². The molecule has 0 bridgehead atoms. The predicted molar refractivity (Wildman–Crippen MR) is 86.6 cm³/mol. The summed E-state index contributed by atoms with van der Waals surface area (Å²) in [5, 5.41) is 0. The van der Waals surface area contributed by atoms with Gasteiger partial charge in [-0.3, -0.25) is 0 Å². The van der Waals surface area contributed by atoms with Gasteiger partial charge < -0.3 is 14.2 Å². The fourth-order valence-corrected chi connectivity index (χ4v) is 2.16. The Morgan fingerprint density at radius 2 is 1.74 bits per heavy atom. The van der Waals surface area contributed by atoms with Crippen molar-refractivity contribution in [1.82, 2.24) is 0 Å². The highest BCUT2D eigenvalue weighted by Crippen LogP contribution is 2.22. The summed E-state index contributed by atoms with van der Waals surface area (Å²) >= 11 is 0. The van der Waals surface area contributed by atoms with E-state index >= 15 is 0 Å². The average molecular weight is 309 g/mol. The van der Waals surface area contributed by atoms with Gasteiger partial charge in [0.25, 0.3) is 0 Å². The van der Waals surface area contributed by atoms with Crippen molar-refractivity contribution in [3.63, 3.8) is 0 Å². The number of cyclic esters (lactones) is 1. The van der Waals surface area contributed by atoms with Gasteiger partial charge in [-0.15, -0.1) is 0 Å². The normalized spacial score (nSPS) is 15.3. The molecule has 3 rings (SSSR count). The molecule has 0 aliphatic carbocycles. The number of ether oxygens (including phenoxy) is 3. The molecule has 0 aromatic heterocycles. The van der Waals surface area contributed by atoms with E-state index in [-0.39, 0.29) is 11.6 Å². The van der Waals surface area contributed by atoms with E-state index in [2.05, 4.69) is 4.99 Å². The second kappa shape index (κ2) is 6.36. The van der Waals surface area contributed by atoms with Crippen LogP contribution in [0.5, 0.6) is 11.5 Å². The number of hydrogen-bond donors (Lipinski definition) is 0. The third-order valence-corrected chi connectivity index (χ3v) is 3.35. The molecule has 23 heavy (non-hydrogen) atoms. The molecular formula is C18H15NO4. The smallest absolute Gasteiger partial charge is 0.363 e. The Balaban J connectivity index is 1.89. The second-order valence-corrected chi connectivity index (χ2v) is 4.84. The Kier molecular flexibility index (Phi) is 4.10. The Morgan fingerprint density at radius 3 is 2.43 bits per heavy atom. The number of rotatable bonds is 4. The molecule has 1 aliphatic heterocycles. The van der Waals surface area contributed by atoms with Gasteiger partial charge in [-0.2, -0.15) is 0 Å². The number of aliphatic imine (C=N–C) groups is 1. The van der Waals surface area contributed by atoms with Crippen LogP contribution >= 0.6 is 0 Å². The zero-order valence-electron chi connectivity index (χ0n) is 12.8. The summed E-state index contributed by atoms with van der Waals surface area (Å²) in [7, 11) is 3.19. The first-order valence-electron chi connectivity index (χ1n) is 7.00. The van der Waals surface area contributed by atoms with Crippen LogP contribution in [0.15, 0.2) is 59.2 Å². The molecule has 116 valence electrons. The molecule has 0 spiro atoms. The minimum absolute atomic E-state index is 0.254. The van der Waals surface area contributed by atoms with Crippen molar-refractivity contribution in [3.05, 3.63) is 65.4 Å². The number of methoxy groups -OCH3 is 2. The minimum atomic E-state index is -0.473. The second-order valence-electron chi connectivity index (χ2n) is 4.84. The van der Waals surface area contributed by atoms with Crippen LogP contribution in [0.4, 0.5) is 0 Å². The molecule has 5 heteroatoms. The van der Waals surface area contributed by atoms with Gasteiger partial charge in [0.15, 0.2) is 5.70 Å². The molecule has 0 saturated carbocycles. The Labute approximate surface area is 133 Å². The molecule has 1 aliphatic rings. The molecule has 2 aromatic carbocycles. The van der Waals surface area contributed by atoms with E-state index in [4.69, 9.17) is 14.2 Å². The summed E-state index contributed by atoms with van der Waals surface area (Å²) < 4.78 is 15.5. The molecule has 0 N–H and O–H groups in total. The third-order valence-electron chi connectivity index (χ3n) is 3.35. The molecule has 1 heterocycles. The zero-order valence-corrected chi connectivity index (χ0v) is 12.8. The third kappa shape index (κ3) is 3.23. The lowest BCUT2D eigenvalue weighted by molar-refractivity contribution is -0.129. The van der Waals surface area contributed by atoms with Gasteiger partial charge in [0.1, 0.15) is 11.5 Å². The first kappa shape index (κ1) is 14.8. The van der Waals surface area contributed by atoms with Crippen molar-refractivity contribution in [2.75, 3.05) is 14.2 Å². The number of carbonyl (C=O) groups excluding carboxylic acids is 1. The van der Waals surface area contributed by atoms with Crippen LogP contribution in [0.1, 0.15) is 11.1 Å². The summed E-state index contributed by atoms with van der Waals surface area (Å²) in [5.41, 5.74) is 1.79. The van der Waals surface area contributed by atoms with E-state index in [1.54, 1.807) is 44.6 Å². The maximum absolute atomic E-state index is 12.0. The van der Waals surface area contributed by atoms with Crippen molar-refractivity contribution in [3.8, 4) is 11.5 Å². The predicted octanol–water partition coefficient (Wildman–Crippen LogP) is 3.05.